The van der Waals surface area contributed by atoms with Crippen molar-refractivity contribution in [1.29, 1.82) is 0 Å². The maximum atomic E-state index is 5.45. The molecule has 0 bridgehead atoms. The molecule has 0 aromatic carbocycles. The highest BCUT2D eigenvalue weighted by atomic mass is 16.6. The summed E-state index contributed by atoms with van der Waals surface area (Å²) in [7, 11) is 0. The lowest BCUT2D eigenvalue weighted by molar-refractivity contribution is -0.0266. The lowest BCUT2D eigenvalue weighted by atomic mass is 10.2. The van der Waals surface area contributed by atoms with Crippen LogP contribution in [0.2, 0.25) is 0 Å². The van der Waals surface area contributed by atoms with E-state index in [-0.39, 0.29) is 0 Å². The molecule has 206 valence electrons. The summed E-state index contributed by atoms with van der Waals surface area (Å²) in [6.07, 6.45) is 0. The van der Waals surface area contributed by atoms with Crippen LogP contribution in [-0.2, 0) is 47.4 Å². The third-order valence-electron chi connectivity index (χ3n) is 4.00. The Morgan fingerprint density at radius 1 is 0.324 bits per heavy atom. The summed E-state index contributed by atoms with van der Waals surface area (Å²) in [4.78, 5) is 0. The molecule has 0 aliphatic heterocycles. The summed E-state index contributed by atoms with van der Waals surface area (Å²) < 4.78 is 54.0. The predicted molar refractivity (Wildman–Crippen MR) is 129 cm³/mol. The highest BCUT2D eigenvalue weighted by Crippen LogP contribution is 1.92. The highest BCUT2D eigenvalue weighted by molar-refractivity contribution is 4.40. The number of rotatable bonds is 30. The van der Waals surface area contributed by atoms with Crippen LogP contribution >= 0.6 is 0 Å². The van der Waals surface area contributed by atoms with Gasteiger partial charge in [-0.1, -0.05) is 13.8 Å². The zero-order valence-electron chi connectivity index (χ0n) is 21.8. The Kier molecular flexibility index (Phi) is 30.3. The second kappa shape index (κ2) is 30.6. The van der Waals surface area contributed by atoms with Crippen LogP contribution in [0, 0.1) is 5.92 Å². The molecule has 34 heavy (non-hydrogen) atoms. The minimum atomic E-state index is 0.532. The van der Waals surface area contributed by atoms with Gasteiger partial charge < -0.3 is 47.4 Å². The number of hydrogen-bond donors (Lipinski definition) is 0. The molecule has 0 radical (unpaired) electrons. The lowest BCUT2D eigenvalue weighted by Gasteiger charge is -2.09. The quantitative estimate of drug-likeness (QED) is 0.137. The van der Waals surface area contributed by atoms with Crippen molar-refractivity contribution < 1.29 is 47.4 Å². The average molecular weight is 499 g/mol. The predicted octanol–water partition coefficient (Wildman–Crippen LogP) is 1.83. The zero-order valence-corrected chi connectivity index (χ0v) is 21.8. The van der Waals surface area contributed by atoms with Crippen molar-refractivity contribution in [3.05, 3.63) is 0 Å². The van der Waals surface area contributed by atoms with Crippen molar-refractivity contribution in [3.8, 4) is 0 Å². The Labute approximate surface area is 206 Å². The van der Waals surface area contributed by atoms with Crippen LogP contribution in [0.1, 0.15) is 20.8 Å². The smallest absolute Gasteiger partial charge is 0.0701 e. The Morgan fingerprint density at radius 2 is 0.529 bits per heavy atom. The molecule has 0 aliphatic rings. The highest BCUT2D eigenvalue weighted by Gasteiger charge is 1.96. The van der Waals surface area contributed by atoms with Crippen molar-refractivity contribution >= 4 is 0 Å². The first-order valence-corrected chi connectivity index (χ1v) is 12.5. The molecule has 0 amide bonds. The molecule has 0 spiro atoms. The zero-order chi connectivity index (χ0) is 24.8. The molecule has 0 rings (SSSR count). The molecule has 10 nitrogen and oxygen atoms in total. The average Bonchev–Trinajstić information content (AvgIpc) is 2.83. The van der Waals surface area contributed by atoms with Gasteiger partial charge in [0.25, 0.3) is 0 Å². The van der Waals surface area contributed by atoms with Gasteiger partial charge in [0.05, 0.1) is 119 Å². The summed E-state index contributed by atoms with van der Waals surface area (Å²) in [6.45, 7) is 17.8. The van der Waals surface area contributed by atoms with E-state index in [2.05, 4.69) is 13.8 Å². The number of ether oxygens (including phenoxy) is 10. The van der Waals surface area contributed by atoms with E-state index in [4.69, 9.17) is 47.4 Å². The first-order valence-electron chi connectivity index (χ1n) is 12.5. The molecule has 0 aliphatic carbocycles. The van der Waals surface area contributed by atoms with E-state index >= 15 is 0 Å². The first-order chi connectivity index (χ1) is 16.8. The van der Waals surface area contributed by atoms with Crippen LogP contribution < -0.4 is 0 Å². The van der Waals surface area contributed by atoms with Crippen LogP contribution in [0.3, 0.4) is 0 Å². The first kappa shape index (κ1) is 33.6. The summed E-state index contributed by atoms with van der Waals surface area (Å²) in [5.74, 6) is 0.553. The normalized spacial score (nSPS) is 11.6. The molecule has 0 N–H and O–H groups in total. The molecule has 10 heteroatoms. The Hall–Kier alpha value is -0.400. The van der Waals surface area contributed by atoms with Gasteiger partial charge in [-0.3, -0.25) is 0 Å². The second-order valence-corrected chi connectivity index (χ2v) is 7.56. The van der Waals surface area contributed by atoms with Gasteiger partial charge in [-0.15, -0.1) is 0 Å². The van der Waals surface area contributed by atoms with Gasteiger partial charge in [0.1, 0.15) is 0 Å². The summed E-state index contributed by atoms with van der Waals surface area (Å²) >= 11 is 0. The summed E-state index contributed by atoms with van der Waals surface area (Å²) in [5, 5.41) is 0. The minimum absolute atomic E-state index is 0.532. The minimum Gasteiger partial charge on any atom is -0.379 e. The molecule has 0 fully saturated rings. The molecular weight excluding hydrogens is 448 g/mol. The van der Waals surface area contributed by atoms with E-state index in [1.54, 1.807) is 0 Å². The molecule has 0 atom stereocenters. The second-order valence-electron chi connectivity index (χ2n) is 7.56. The van der Waals surface area contributed by atoms with Crippen molar-refractivity contribution in [2.24, 2.45) is 5.92 Å². The third kappa shape index (κ3) is 31.6. The monoisotopic (exact) mass is 498 g/mol. The van der Waals surface area contributed by atoms with Gasteiger partial charge in [0.2, 0.25) is 0 Å². The van der Waals surface area contributed by atoms with E-state index in [0.717, 1.165) is 6.61 Å². The van der Waals surface area contributed by atoms with Gasteiger partial charge in [0, 0.05) is 13.2 Å². The van der Waals surface area contributed by atoms with Gasteiger partial charge in [0.15, 0.2) is 0 Å². The lowest BCUT2D eigenvalue weighted by Crippen LogP contribution is -2.15. The topological polar surface area (TPSA) is 92.3 Å². The van der Waals surface area contributed by atoms with E-state index in [1.165, 1.54) is 0 Å². The van der Waals surface area contributed by atoms with Crippen LogP contribution in [0.15, 0.2) is 0 Å². The van der Waals surface area contributed by atoms with Gasteiger partial charge >= 0.3 is 0 Å². The van der Waals surface area contributed by atoms with Gasteiger partial charge in [-0.05, 0) is 12.8 Å². The van der Waals surface area contributed by atoms with E-state index in [9.17, 15) is 0 Å². The SMILES string of the molecule is CCOCCOCCOCCOCCOCCOCCOCCOCCOCCOCC(C)C. The van der Waals surface area contributed by atoms with E-state index in [1.807, 2.05) is 6.92 Å². The Balaban J connectivity index is 3.00. The van der Waals surface area contributed by atoms with Gasteiger partial charge in [-0.25, -0.2) is 0 Å². The van der Waals surface area contributed by atoms with Crippen LogP contribution in [0.5, 0.6) is 0 Å². The molecule has 0 saturated carbocycles. The summed E-state index contributed by atoms with van der Waals surface area (Å²) in [6, 6.07) is 0. The molecule has 0 heterocycles. The maximum absolute atomic E-state index is 5.45. The largest absolute Gasteiger partial charge is 0.379 e. The van der Waals surface area contributed by atoms with E-state index < -0.39 is 0 Å². The fourth-order valence-corrected chi connectivity index (χ4v) is 2.34. The van der Waals surface area contributed by atoms with Crippen molar-refractivity contribution in [2.75, 3.05) is 132 Å². The fourth-order valence-electron chi connectivity index (χ4n) is 2.34. The van der Waals surface area contributed by atoms with Crippen LogP contribution in [0.4, 0.5) is 0 Å². The maximum Gasteiger partial charge on any atom is 0.0701 e. The Morgan fingerprint density at radius 3 is 0.735 bits per heavy atom. The Bertz CT molecular complexity index is 361. The van der Waals surface area contributed by atoms with Crippen LogP contribution in [-0.4, -0.2) is 132 Å². The fraction of sp³-hybridized carbons (Fsp3) is 1.00. The standard InChI is InChI=1S/C24H50O10/c1-4-25-5-6-26-7-8-27-9-10-28-11-12-29-13-14-30-15-16-31-17-18-32-19-20-33-21-22-34-23-24(2)3/h24H,4-23H2,1-3H3. The molecule has 0 aromatic heterocycles. The van der Waals surface area contributed by atoms with Crippen LogP contribution in [0.25, 0.3) is 0 Å². The number of hydrogen-bond acceptors (Lipinski definition) is 10. The molecule has 0 aromatic rings. The van der Waals surface area contributed by atoms with Crippen molar-refractivity contribution in [3.63, 3.8) is 0 Å². The van der Waals surface area contributed by atoms with Gasteiger partial charge in [-0.2, -0.15) is 0 Å². The van der Waals surface area contributed by atoms with E-state index in [0.29, 0.717) is 131 Å². The van der Waals surface area contributed by atoms with Crippen molar-refractivity contribution in [2.45, 2.75) is 20.8 Å². The molecule has 0 saturated heterocycles. The van der Waals surface area contributed by atoms with Crippen molar-refractivity contribution in [1.82, 2.24) is 0 Å². The molecule has 0 unspecified atom stereocenters. The third-order valence-corrected chi connectivity index (χ3v) is 4.00. The summed E-state index contributed by atoms with van der Waals surface area (Å²) in [5.41, 5.74) is 0. The molecular formula is C24H50O10.